The Morgan fingerprint density at radius 1 is 0.889 bits per heavy atom. The Morgan fingerprint density at radius 3 is 2.11 bits per heavy atom. The van der Waals surface area contributed by atoms with Gasteiger partial charge in [-0.1, -0.05) is 82.7 Å². The first-order chi connectivity index (χ1) is 8.53. The molecular weight excluding hydrogens is 216 g/mol. The molecule has 0 nitrogen and oxygen atoms in total. The van der Waals surface area contributed by atoms with E-state index in [1.165, 1.54) is 56.1 Å². The number of benzene rings is 1. The van der Waals surface area contributed by atoms with Crippen molar-refractivity contribution in [1.82, 2.24) is 0 Å². The minimum absolute atomic E-state index is 0.446. The van der Waals surface area contributed by atoms with Crippen molar-refractivity contribution in [3.8, 4) is 0 Å². The van der Waals surface area contributed by atoms with E-state index in [2.05, 4.69) is 52.0 Å². The van der Waals surface area contributed by atoms with Crippen molar-refractivity contribution in [2.24, 2.45) is 5.41 Å². The third-order valence-electron chi connectivity index (χ3n) is 3.76. The highest BCUT2D eigenvalue weighted by molar-refractivity contribution is 5.22. The average Bonchev–Trinajstić information content (AvgIpc) is 2.31. The Kier molecular flexibility index (Phi) is 6.46. The molecular formula is C18H30. The van der Waals surface area contributed by atoms with Crippen molar-refractivity contribution >= 4 is 0 Å². The maximum absolute atomic E-state index is 2.41. The number of hydrogen-bond acceptors (Lipinski definition) is 0. The number of hydrogen-bond donors (Lipinski definition) is 0. The molecule has 102 valence electrons. The molecule has 0 aliphatic carbocycles. The second-order valence-corrected chi connectivity index (χ2v) is 6.49. The van der Waals surface area contributed by atoms with Gasteiger partial charge >= 0.3 is 0 Å². The summed E-state index contributed by atoms with van der Waals surface area (Å²) in [6.45, 7) is 9.25. The van der Waals surface area contributed by atoms with Crippen molar-refractivity contribution < 1.29 is 0 Å². The zero-order valence-corrected chi connectivity index (χ0v) is 12.8. The van der Waals surface area contributed by atoms with Crippen LogP contribution >= 0.6 is 0 Å². The van der Waals surface area contributed by atoms with E-state index in [0.29, 0.717) is 5.41 Å². The van der Waals surface area contributed by atoms with Gasteiger partial charge in [-0.3, -0.25) is 0 Å². The lowest BCUT2D eigenvalue weighted by Crippen LogP contribution is -2.14. The summed E-state index contributed by atoms with van der Waals surface area (Å²) in [7, 11) is 0. The van der Waals surface area contributed by atoms with Crippen molar-refractivity contribution in [2.45, 2.75) is 72.6 Å². The van der Waals surface area contributed by atoms with Crippen LogP contribution in [-0.2, 0) is 6.42 Å². The molecule has 1 aromatic rings. The van der Waals surface area contributed by atoms with Gasteiger partial charge in [0.2, 0.25) is 0 Å². The first kappa shape index (κ1) is 15.3. The largest absolute Gasteiger partial charge is 0.0654 e. The fraction of sp³-hybridized carbons (Fsp3) is 0.667. The fourth-order valence-electron chi connectivity index (χ4n) is 2.55. The predicted octanol–water partition coefficient (Wildman–Crippen LogP) is 5.92. The molecule has 0 N–H and O–H groups in total. The minimum atomic E-state index is 0.446. The van der Waals surface area contributed by atoms with Crippen LogP contribution in [0, 0.1) is 12.3 Å². The first-order valence-corrected chi connectivity index (χ1v) is 7.59. The standard InChI is InChI=1S/C18H30/c1-5-6-7-8-9-14-18(3,4)15-17-12-10-16(2)11-13-17/h10-13H,5-9,14-15H2,1-4H3. The van der Waals surface area contributed by atoms with Crippen LogP contribution in [0.25, 0.3) is 0 Å². The van der Waals surface area contributed by atoms with E-state index in [9.17, 15) is 0 Å². The van der Waals surface area contributed by atoms with E-state index < -0.39 is 0 Å². The van der Waals surface area contributed by atoms with Crippen molar-refractivity contribution in [2.75, 3.05) is 0 Å². The van der Waals surface area contributed by atoms with Gasteiger partial charge in [-0.15, -0.1) is 0 Å². The second kappa shape index (κ2) is 7.61. The van der Waals surface area contributed by atoms with E-state index in [4.69, 9.17) is 0 Å². The lowest BCUT2D eigenvalue weighted by molar-refractivity contribution is 0.317. The molecule has 0 unspecified atom stereocenters. The summed E-state index contributed by atoms with van der Waals surface area (Å²) in [5, 5.41) is 0. The Hall–Kier alpha value is -0.780. The van der Waals surface area contributed by atoms with Crippen LogP contribution in [0.5, 0.6) is 0 Å². The summed E-state index contributed by atoms with van der Waals surface area (Å²) in [4.78, 5) is 0. The maximum atomic E-state index is 2.41. The summed E-state index contributed by atoms with van der Waals surface area (Å²) in [5.41, 5.74) is 3.29. The minimum Gasteiger partial charge on any atom is -0.0654 e. The molecule has 0 saturated heterocycles. The first-order valence-electron chi connectivity index (χ1n) is 7.59. The van der Waals surface area contributed by atoms with Gasteiger partial charge in [0.05, 0.1) is 0 Å². The van der Waals surface area contributed by atoms with E-state index in [0.717, 1.165) is 0 Å². The van der Waals surface area contributed by atoms with Gasteiger partial charge < -0.3 is 0 Å². The summed E-state index contributed by atoms with van der Waals surface area (Å²) >= 11 is 0. The highest BCUT2D eigenvalue weighted by atomic mass is 14.2. The zero-order chi connectivity index (χ0) is 13.4. The third kappa shape index (κ3) is 6.23. The Bertz CT molecular complexity index is 318. The van der Waals surface area contributed by atoms with Crippen LogP contribution in [-0.4, -0.2) is 0 Å². The molecule has 1 rings (SSSR count). The molecule has 0 atom stereocenters. The van der Waals surface area contributed by atoms with Crippen LogP contribution in [0.2, 0.25) is 0 Å². The van der Waals surface area contributed by atoms with Gasteiger partial charge in [-0.25, -0.2) is 0 Å². The smallest absolute Gasteiger partial charge is 0.0227 e. The monoisotopic (exact) mass is 246 g/mol. The molecule has 0 amide bonds. The van der Waals surface area contributed by atoms with Crippen molar-refractivity contribution in [3.63, 3.8) is 0 Å². The summed E-state index contributed by atoms with van der Waals surface area (Å²) < 4.78 is 0. The van der Waals surface area contributed by atoms with Crippen LogP contribution in [0.3, 0.4) is 0 Å². The molecule has 0 saturated carbocycles. The van der Waals surface area contributed by atoms with Crippen LogP contribution in [0.4, 0.5) is 0 Å². The highest BCUT2D eigenvalue weighted by Gasteiger charge is 2.17. The van der Waals surface area contributed by atoms with Gasteiger partial charge in [-0.05, 0) is 30.7 Å². The summed E-state index contributed by atoms with van der Waals surface area (Å²) in [5.74, 6) is 0. The molecule has 18 heavy (non-hydrogen) atoms. The summed E-state index contributed by atoms with van der Waals surface area (Å²) in [6.07, 6.45) is 9.51. The number of aryl methyl sites for hydroxylation is 1. The van der Waals surface area contributed by atoms with E-state index in [-0.39, 0.29) is 0 Å². The molecule has 0 bridgehead atoms. The van der Waals surface area contributed by atoms with Gasteiger partial charge in [-0.2, -0.15) is 0 Å². The molecule has 0 aromatic heterocycles. The Labute approximate surface area is 114 Å². The van der Waals surface area contributed by atoms with E-state index >= 15 is 0 Å². The maximum Gasteiger partial charge on any atom is -0.0227 e. The quantitative estimate of drug-likeness (QED) is 0.499. The summed E-state index contributed by atoms with van der Waals surface area (Å²) in [6, 6.07) is 9.03. The molecule has 0 heteroatoms. The van der Waals surface area contributed by atoms with Gasteiger partial charge in [0.1, 0.15) is 0 Å². The highest BCUT2D eigenvalue weighted by Crippen LogP contribution is 2.28. The topological polar surface area (TPSA) is 0 Å². The molecule has 1 aromatic carbocycles. The van der Waals surface area contributed by atoms with Gasteiger partial charge in [0.25, 0.3) is 0 Å². The Balaban J connectivity index is 2.32. The lowest BCUT2D eigenvalue weighted by Gasteiger charge is -2.25. The predicted molar refractivity (Wildman–Crippen MR) is 82.0 cm³/mol. The van der Waals surface area contributed by atoms with Gasteiger partial charge in [0, 0.05) is 0 Å². The molecule has 0 fully saturated rings. The average molecular weight is 246 g/mol. The van der Waals surface area contributed by atoms with Crippen molar-refractivity contribution in [3.05, 3.63) is 35.4 Å². The zero-order valence-electron chi connectivity index (χ0n) is 12.8. The molecule has 0 aliphatic rings. The normalized spacial score (nSPS) is 11.8. The molecule has 0 radical (unpaired) electrons. The van der Waals surface area contributed by atoms with Crippen LogP contribution in [0.15, 0.2) is 24.3 Å². The molecule has 0 heterocycles. The third-order valence-corrected chi connectivity index (χ3v) is 3.76. The number of unbranched alkanes of at least 4 members (excludes halogenated alkanes) is 4. The van der Waals surface area contributed by atoms with Crippen LogP contribution in [0.1, 0.15) is 70.4 Å². The lowest BCUT2D eigenvalue weighted by atomic mass is 9.81. The Morgan fingerprint density at radius 2 is 1.50 bits per heavy atom. The molecule has 0 spiro atoms. The number of rotatable bonds is 8. The van der Waals surface area contributed by atoms with Crippen LogP contribution < -0.4 is 0 Å². The second-order valence-electron chi connectivity index (χ2n) is 6.49. The fourth-order valence-corrected chi connectivity index (χ4v) is 2.55. The van der Waals surface area contributed by atoms with E-state index in [1.54, 1.807) is 0 Å². The van der Waals surface area contributed by atoms with Gasteiger partial charge in [0.15, 0.2) is 0 Å². The SMILES string of the molecule is CCCCCCCC(C)(C)Cc1ccc(C)cc1. The van der Waals surface area contributed by atoms with Crippen molar-refractivity contribution in [1.29, 1.82) is 0 Å². The molecule has 0 aliphatic heterocycles. The van der Waals surface area contributed by atoms with E-state index in [1.807, 2.05) is 0 Å².